The maximum absolute atomic E-state index is 12.6. The SMILES string of the molecule is CCCCC(CCOC)COC(=O)/C=C/C(=O)OCC(F)(F)C(F)F. The van der Waals surface area contributed by atoms with Gasteiger partial charge in [-0.05, 0) is 18.8 Å². The van der Waals surface area contributed by atoms with Crippen LogP contribution in [0.5, 0.6) is 0 Å². The van der Waals surface area contributed by atoms with Crippen molar-refractivity contribution >= 4 is 11.9 Å². The normalized spacial score (nSPS) is 13.2. The molecular weight excluding hydrogens is 348 g/mol. The van der Waals surface area contributed by atoms with E-state index in [1.165, 1.54) is 0 Å². The Morgan fingerprint density at radius 1 is 1.08 bits per heavy atom. The molecule has 25 heavy (non-hydrogen) atoms. The van der Waals surface area contributed by atoms with Crippen molar-refractivity contribution in [2.45, 2.75) is 45.0 Å². The third-order valence-electron chi connectivity index (χ3n) is 3.24. The highest BCUT2D eigenvalue weighted by atomic mass is 19.3. The number of ether oxygens (including phenoxy) is 3. The van der Waals surface area contributed by atoms with Crippen molar-refractivity contribution in [3.8, 4) is 0 Å². The highest BCUT2D eigenvalue weighted by molar-refractivity contribution is 5.91. The molecule has 0 heterocycles. The zero-order valence-electron chi connectivity index (χ0n) is 14.3. The number of hydrogen-bond donors (Lipinski definition) is 0. The van der Waals surface area contributed by atoms with E-state index in [4.69, 9.17) is 9.47 Å². The minimum absolute atomic E-state index is 0.105. The quantitative estimate of drug-likeness (QED) is 0.282. The minimum Gasteiger partial charge on any atom is -0.462 e. The number of esters is 2. The van der Waals surface area contributed by atoms with Gasteiger partial charge in [-0.1, -0.05) is 19.8 Å². The van der Waals surface area contributed by atoms with E-state index in [-0.39, 0.29) is 12.5 Å². The third-order valence-corrected chi connectivity index (χ3v) is 3.24. The molecule has 1 atom stereocenters. The first-order chi connectivity index (χ1) is 11.7. The monoisotopic (exact) mass is 372 g/mol. The Bertz CT molecular complexity index is 419. The van der Waals surface area contributed by atoms with Crippen LogP contribution < -0.4 is 0 Å². The molecular formula is C16H24F4O5. The van der Waals surface area contributed by atoms with E-state index < -0.39 is 30.9 Å². The van der Waals surface area contributed by atoms with E-state index in [0.29, 0.717) is 25.2 Å². The van der Waals surface area contributed by atoms with Gasteiger partial charge in [0.15, 0.2) is 6.61 Å². The van der Waals surface area contributed by atoms with Crippen molar-refractivity contribution in [1.29, 1.82) is 0 Å². The van der Waals surface area contributed by atoms with Gasteiger partial charge in [0.25, 0.3) is 0 Å². The molecule has 1 unspecified atom stereocenters. The smallest absolute Gasteiger partial charge is 0.340 e. The van der Waals surface area contributed by atoms with Gasteiger partial charge >= 0.3 is 24.3 Å². The summed E-state index contributed by atoms with van der Waals surface area (Å²) in [4.78, 5) is 22.6. The zero-order valence-corrected chi connectivity index (χ0v) is 14.3. The van der Waals surface area contributed by atoms with Gasteiger partial charge in [0, 0.05) is 25.9 Å². The minimum atomic E-state index is -4.43. The van der Waals surface area contributed by atoms with Crippen LogP contribution in [0.1, 0.15) is 32.6 Å². The summed E-state index contributed by atoms with van der Waals surface area (Å²) in [6.07, 6.45) is 0.830. The highest BCUT2D eigenvalue weighted by Gasteiger charge is 2.42. The summed E-state index contributed by atoms with van der Waals surface area (Å²) in [7, 11) is 1.56. The van der Waals surface area contributed by atoms with Crippen LogP contribution in [0.2, 0.25) is 0 Å². The molecule has 0 amide bonds. The van der Waals surface area contributed by atoms with Gasteiger partial charge in [0.05, 0.1) is 6.61 Å². The van der Waals surface area contributed by atoms with E-state index in [1.807, 2.05) is 6.92 Å². The summed E-state index contributed by atoms with van der Waals surface area (Å²) >= 11 is 0. The molecule has 0 aromatic heterocycles. The van der Waals surface area contributed by atoms with Gasteiger partial charge in [-0.25, -0.2) is 18.4 Å². The van der Waals surface area contributed by atoms with Gasteiger partial charge in [-0.15, -0.1) is 0 Å². The van der Waals surface area contributed by atoms with Crippen LogP contribution in [0.4, 0.5) is 17.6 Å². The molecule has 5 nitrogen and oxygen atoms in total. The molecule has 9 heteroatoms. The molecule has 0 bridgehead atoms. The summed E-state index contributed by atoms with van der Waals surface area (Å²) in [6.45, 7) is 0.918. The van der Waals surface area contributed by atoms with Crippen LogP contribution in [0, 0.1) is 5.92 Å². The summed E-state index contributed by atoms with van der Waals surface area (Å²) in [6, 6.07) is 0. The predicted molar refractivity (Wildman–Crippen MR) is 81.5 cm³/mol. The average molecular weight is 372 g/mol. The summed E-state index contributed by atoms with van der Waals surface area (Å²) in [5.41, 5.74) is 0. The lowest BCUT2D eigenvalue weighted by Gasteiger charge is -2.15. The van der Waals surface area contributed by atoms with Crippen LogP contribution in [0.15, 0.2) is 12.2 Å². The fourth-order valence-electron chi connectivity index (χ4n) is 1.75. The largest absolute Gasteiger partial charge is 0.462 e. The average Bonchev–Trinajstić information content (AvgIpc) is 2.57. The zero-order chi connectivity index (χ0) is 19.3. The lowest BCUT2D eigenvalue weighted by atomic mass is 10.00. The lowest BCUT2D eigenvalue weighted by molar-refractivity contribution is -0.176. The van der Waals surface area contributed by atoms with Crippen molar-refractivity contribution in [3.05, 3.63) is 12.2 Å². The molecule has 0 aliphatic carbocycles. The topological polar surface area (TPSA) is 61.8 Å². The van der Waals surface area contributed by atoms with E-state index in [9.17, 15) is 27.2 Å². The van der Waals surface area contributed by atoms with Gasteiger partial charge in [-0.2, -0.15) is 8.78 Å². The van der Waals surface area contributed by atoms with E-state index in [0.717, 1.165) is 19.3 Å². The number of halogens is 4. The molecule has 0 aliphatic rings. The van der Waals surface area contributed by atoms with Crippen molar-refractivity contribution < 1.29 is 41.4 Å². The summed E-state index contributed by atoms with van der Waals surface area (Å²) in [5.74, 6) is -6.51. The molecule has 0 radical (unpaired) electrons. The number of carbonyl (C=O) groups excluding carboxylic acids is 2. The molecule has 0 aromatic carbocycles. The standard InChI is InChI=1S/C16H24F4O5/c1-3-4-5-12(8-9-23-2)10-24-13(21)6-7-14(22)25-11-16(19,20)15(17)18/h6-7,12,15H,3-5,8-11H2,1-2H3/b7-6+. The Morgan fingerprint density at radius 2 is 1.68 bits per heavy atom. The first kappa shape index (κ1) is 23.4. The fourth-order valence-corrected chi connectivity index (χ4v) is 1.75. The number of hydrogen-bond acceptors (Lipinski definition) is 5. The van der Waals surface area contributed by atoms with Crippen LogP contribution in [0.25, 0.3) is 0 Å². The van der Waals surface area contributed by atoms with Gasteiger partial charge in [0.1, 0.15) is 0 Å². The molecule has 146 valence electrons. The number of unbranched alkanes of at least 4 members (excludes halogenated alkanes) is 1. The summed E-state index contributed by atoms with van der Waals surface area (Å²) in [5, 5.41) is 0. The molecule has 0 spiro atoms. The van der Waals surface area contributed by atoms with Crippen LogP contribution in [0.3, 0.4) is 0 Å². The number of carbonyl (C=O) groups is 2. The first-order valence-corrected chi connectivity index (χ1v) is 7.89. The van der Waals surface area contributed by atoms with Crippen molar-refractivity contribution in [2.75, 3.05) is 26.9 Å². The number of alkyl halides is 4. The van der Waals surface area contributed by atoms with Crippen molar-refractivity contribution in [3.63, 3.8) is 0 Å². The second-order valence-corrected chi connectivity index (χ2v) is 5.42. The van der Waals surface area contributed by atoms with Crippen LogP contribution in [-0.4, -0.2) is 51.2 Å². The number of rotatable bonds is 13. The Hall–Kier alpha value is -1.64. The Labute approximate surface area is 144 Å². The summed E-state index contributed by atoms with van der Waals surface area (Å²) < 4.78 is 62.8. The molecule has 0 saturated heterocycles. The predicted octanol–water partition coefficient (Wildman–Crippen LogP) is 3.37. The second kappa shape index (κ2) is 12.7. The van der Waals surface area contributed by atoms with Crippen LogP contribution in [-0.2, 0) is 23.8 Å². The first-order valence-electron chi connectivity index (χ1n) is 7.89. The Balaban J connectivity index is 4.24. The second-order valence-electron chi connectivity index (χ2n) is 5.42. The molecule has 0 fully saturated rings. The maximum Gasteiger partial charge on any atom is 0.340 e. The number of methoxy groups -OCH3 is 1. The molecule has 0 aromatic rings. The maximum atomic E-state index is 12.6. The molecule has 0 rings (SSSR count). The van der Waals surface area contributed by atoms with E-state index in [1.54, 1.807) is 7.11 Å². The van der Waals surface area contributed by atoms with Gasteiger partial charge < -0.3 is 14.2 Å². The lowest BCUT2D eigenvalue weighted by Crippen LogP contribution is -2.33. The van der Waals surface area contributed by atoms with Crippen molar-refractivity contribution in [1.82, 2.24) is 0 Å². The fraction of sp³-hybridized carbons (Fsp3) is 0.750. The third kappa shape index (κ3) is 11.5. The molecule has 0 N–H and O–H groups in total. The van der Waals surface area contributed by atoms with E-state index in [2.05, 4.69) is 4.74 Å². The molecule has 0 saturated carbocycles. The Morgan fingerprint density at radius 3 is 2.20 bits per heavy atom. The van der Waals surface area contributed by atoms with Crippen molar-refractivity contribution in [2.24, 2.45) is 5.92 Å². The van der Waals surface area contributed by atoms with Gasteiger partial charge in [0.2, 0.25) is 0 Å². The van der Waals surface area contributed by atoms with Gasteiger partial charge in [-0.3, -0.25) is 0 Å². The molecule has 0 aliphatic heterocycles. The van der Waals surface area contributed by atoms with Crippen LogP contribution >= 0.6 is 0 Å². The Kier molecular flexibility index (Phi) is 11.9. The highest BCUT2D eigenvalue weighted by Crippen LogP contribution is 2.22. The van der Waals surface area contributed by atoms with E-state index >= 15 is 0 Å².